The van der Waals surface area contributed by atoms with E-state index in [1.807, 2.05) is 13.8 Å². The fourth-order valence-electron chi connectivity index (χ4n) is 2.15. The lowest BCUT2D eigenvalue weighted by molar-refractivity contribution is -0.146. The monoisotopic (exact) mass is 309 g/mol. The van der Waals surface area contributed by atoms with Gasteiger partial charge in [-0.3, -0.25) is 9.59 Å². The molecule has 1 unspecified atom stereocenters. The van der Waals surface area contributed by atoms with Gasteiger partial charge in [0.25, 0.3) is 0 Å². The molecule has 0 aliphatic heterocycles. The summed E-state index contributed by atoms with van der Waals surface area (Å²) in [6.07, 6.45) is 0.412. The molecule has 0 aliphatic carbocycles. The number of amides is 1. The van der Waals surface area contributed by atoms with Gasteiger partial charge in [-0.2, -0.15) is 0 Å². The standard InChI is InChI=1S/C17H24FNO3/c1-12(2)9-16(20)19(10-13(3)17(21)22-4)11-14-5-7-15(18)8-6-14/h5-8,12-13H,9-11H2,1-4H3. The summed E-state index contributed by atoms with van der Waals surface area (Å²) in [6.45, 7) is 6.31. The average molecular weight is 309 g/mol. The van der Waals surface area contributed by atoms with Gasteiger partial charge in [0, 0.05) is 19.5 Å². The SMILES string of the molecule is COC(=O)C(C)CN(Cc1ccc(F)cc1)C(=O)CC(C)C. The smallest absolute Gasteiger partial charge is 0.310 e. The second kappa shape index (κ2) is 8.51. The molecule has 22 heavy (non-hydrogen) atoms. The van der Waals surface area contributed by atoms with Crippen molar-refractivity contribution in [1.82, 2.24) is 4.90 Å². The first kappa shape index (κ1) is 18.1. The van der Waals surface area contributed by atoms with Crippen molar-refractivity contribution in [2.75, 3.05) is 13.7 Å². The third-order valence-corrected chi connectivity index (χ3v) is 3.32. The van der Waals surface area contributed by atoms with Crippen LogP contribution in [0.2, 0.25) is 0 Å². The van der Waals surface area contributed by atoms with E-state index in [-0.39, 0.29) is 30.2 Å². The highest BCUT2D eigenvalue weighted by Crippen LogP contribution is 2.13. The number of nitrogens with zero attached hydrogens (tertiary/aromatic N) is 1. The molecule has 0 radical (unpaired) electrons. The van der Waals surface area contributed by atoms with Crippen LogP contribution in [0.1, 0.15) is 32.8 Å². The molecular formula is C17H24FNO3. The van der Waals surface area contributed by atoms with Gasteiger partial charge in [-0.25, -0.2) is 4.39 Å². The van der Waals surface area contributed by atoms with Gasteiger partial charge in [0.15, 0.2) is 0 Å². The van der Waals surface area contributed by atoms with Crippen LogP contribution in [0.4, 0.5) is 4.39 Å². The van der Waals surface area contributed by atoms with E-state index < -0.39 is 5.92 Å². The lowest BCUT2D eigenvalue weighted by Gasteiger charge is -2.26. The van der Waals surface area contributed by atoms with Gasteiger partial charge in [0.05, 0.1) is 13.0 Å². The topological polar surface area (TPSA) is 46.6 Å². The molecule has 122 valence electrons. The summed E-state index contributed by atoms with van der Waals surface area (Å²) in [6, 6.07) is 6.02. The molecule has 0 saturated carbocycles. The maximum atomic E-state index is 13.0. The van der Waals surface area contributed by atoms with Crippen molar-refractivity contribution in [3.63, 3.8) is 0 Å². The molecule has 0 aliphatic rings. The highest BCUT2D eigenvalue weighted by molar-refractivity contribution is 5.78. The molecule has 0 spiro atoms. The van der Waals surface area contributed by atoms with Gasteiger partial charge in [-0.05, 0) is 23.6 Å². The predicted octanol–water partition coefficient (Wildman–Crippen LogP) is 3.01. The molecule has 1 rings (SSSR count). The minimum atomic E-state index is -0.401. The quantitative estimate of drug-likeness (QED) is 0.727. The number of esters is 1. The van der Waals surface area contributed by atoms with Crippen LogP contribution in [-0.4, -0.2) is 30.4 Å². The van der Waals surface area contributed by atoms with E-state index in [4.69, 9.17) is 4.74 Å². The second-order valence-corrected chi connectivity index (χ2v) is 5.92. The van der Waals surface area contributed by atoms with Crippen molar-refractivity contribution in [3.05, 3.63) is 35.6 Å². The number of ether oxygens (including phenoxy) is 1. The molecule has 0 aromatic heterocycles. The molecule has 1 amide bonds. The minimum absolute atomic E-state index is 0.0184. The Kier molecular flexibility index (Phi) is 7.02. The Morgan fingerprint density at radius 2 is 1.77 bits per heavy atom. The highest BCUT2D eigenvalue weighted by Gasteiger charge is 2.22. The van der Waals surface area contributed by atoms with E-state index in [0.29, 0.717) is 13.0 Å². The first-order valence-electron chi connectivity index (χ1n) is 7.43. The Hall–Kier alpha value is -1.91. The number of rotatable bonds is 7. The molecule has 0 bridgehead atoms. The van der Waals surface area contributed by atoms with Crippen molar-refractivity contribution < 1.29 is 18.7 Å². The Morgan fingerprint density at radius 3 is 2.27 bits per heavy atom. The van der Waals surface area contributed by atoms with Crippen LogP contribution in [0, 0.1) is 17.7 Å². The van der Waals surface area contributed by atoms with Crippen LogP contribution in [-0.2, 0) is 20.9 Å². The summed E-state index contributed by atoms with van der Waals surface area (Å²) >= 11 is 0. The Balaban J connectivity index is 2.83. The lowest BCUT2D eigenvalue weighted by atomic mass is 10.1. The van der Waals surface area contributed by atoms with E-state index in [9.17, 15) is 14.0 Å². The maximum absolute atomic E-state index is 13.0. The number of hydrogen-bond donors (Lipinski definition) is 0. The van der Waals surface area contributed by atoms with Gasteiger partial charge >= 0.3 is 5.97 Å². The average Bonchev–Trinajstić information content (AvgIpc) is 2.47. The highest BCUT2D eigenvalue weighted by atomic mass is 19.1. The van der Waals surface area contributed by atoms with Crippen molar-refractivity contribution in [2.45, 2.75) is 33.7 Å². The number of carbonyl (C=O) groups excluding carboxylic acids is 2. The van der Waals surface area contributed by atoms with Crippen LogP contribution < -0.4 is 0 Å². The number of methoxy groups -OCH3 is 1. The van der Waals surface area contributed by atoms with Gasteiger partial charge in [0.2, 0.25) is 5.91 Å². The fraction of sp³-hybridized carbons (Fsp3) is 0.529. The normalized spacial score (nSPS) is 12.1. The molecular weight excluding hydrogens is 285 g/mol. The zero-order valence-electron chi connectivity index (χ0n) is 13.6. The molecule has 0 fully saturated rings. The summed E-state index contributed by atoms with van der Waals surface area (Å²) < 4.78 is 17.7. The Labute approximate surface area is 131 Å². The van der Waals surface area contributed by atoms with E-state index in [1.54, 1.807) is 24.0 Å². The lowest BCUT2D eigenvalue weighted by Crippen LogP contribution is -2.37. The Morgan fingerprint density at radius 1 is 1.18 bits per heavy atom. The van der Waals surface area contributed by atoms with E-state index in [2.05, 4.69) is 0 Å². The number of carbonyl (C=O) groups is 2. The molecule has 1 aromatic carbocycles. The summed E-state index contributed by atoms with van der Waals surface area (Å²) in [5.74, 6) is -0.846. The number of halogens is 1. The second-order valence-electron chi connectivity index (χ2n) is 5.92. The third kappa shape index (κ3) is 5.84. The molecule has 0 N–H and O–H groups in total. The van der Waals surface area contributed by atoms with Gasteiger partial charge in [-0.1, -0.05) is 32.9 Å². The van der Waals surface area contributed by atoms with E-state index in [1.165, 1.54) is 19.2 Å². The molecule has 1 atom stereocenters. The fourth-order valence-corrected chi connectivity index (χ4v) is 2.15. The first-order valence-corrected chi connectivity index (χ1v) is 7.43. The van der Waals surface area contributed by atoms with Crippen molar-refractivity contribution in [1.29, 1.82) is 0 Å². The maximum Gasteiger partial charge on any atom is 0.310 e. The van der Waals surface area contributed by atoms with Gasteiger partial charge < -0.3 is 9.64 Å². The van der Waals surface area contributed by atoms with Crippen molar-refractivity contribution in [2.24, 2.45) is 11.8 Å². The van der Waals surface area contributed by atoms with E-state index in [0.717, 1.165) is 5.56 Å². The number of hydrogen-bond acceptors (Lipinski definition) is 3. The summed E-state index contributed by atoms with van der Waals surface area (Å²) in [4.78, 5) is 25.6. The molecule has 5 heteroatoms. The summed E-state index contributed by atoms with van der Waals surface area (Å²) in [5, 5.41) is 0. The van der Waals surface area contributed by atoms with Gasteiger partial charge in [0.1, 0.15) is 5.82 Å². The molecule has 1 aromatic rings. The summed E-state index contributed by atoms with van der Waals surface area (Å²) in [5.41, 5.74) is 0.829. The Bertz CT molecular complexity index is 499. The predicted molar refractivity (Wildman–Crippen MR) is 82.5 cm³/mol. The largest absolute Gasteiger partial charge is 0.469 e. The summed E-state index contributed by atoms with van der Waals surface area (Å²) in [7, 11) is 1.33. The van der Waals surface area contributed by atoms with Crippen LogP contribution >= 0.6 is 0 Å². The van der Waals surface area contributed by atoms with Crippen molar-refractivity contribution in [3.8, 4) is 0 Å². The first-order chi connectivity index (χ1) is 10.3. The van der Waals surface area contributed by atoms with E-state index >= 15 is 0 Å². The third-order valence-electron chi connectivity index (χ3n) is 3.32. The molecule has 0 saturated heterocycles. The van der Waals surface area contributed by atoms with Crippen molar-refractivity contribution >= 4 is 11.9 Å². The van der Waals surface area contributed by atoms with Crippen LogP contribution in [0.15, 0.2) is 24.3 Å². The van der Waals surface area contributed by atoms with Gasteiger partial charge in [-0.15, -0.1) is 0 Å². The van der Waals surface area contributed by atoms with Crippen LogP contribution in [0.3, 0.4) is 0 Å². The van der Waals surface area contributed by atoms with Crippen LogP contribution in [0.5, 0.6) is 0 Å². The molecule has 0 heterocycles. The zero-order chi connectivity index (χ0) is 16.7. The molecule has 4 nitrogen and oxygen atoms in total. The zero-order valence-corrected chi connectivity index (χ0v) is 13.6. The van der Waals surface area contributed by atoms with Crippen LogP contribution in [0.25, 0.3) is 0 Å². The number of benzene rings is 1. The minimum Gasteiger partial charge on any atom is -0.469 e.